The number of hydrogen-bond donors (Lipinski definition) is 0. The summed E-state index contributed by atoms with van der Waals surface area (Å²) < 4.78 is 0. The van der Waals surface area contributed by atoms with E-state index in [-0.39, 0.29) is 16.9 Å². The quantitative estimate of drug-likeness (QED) is 0.565. The molecule has 86 valence electrons. The van der Waals surface area contributed by atoms with Crippen LogP contribution >= 0.6 is 0 Å². The molecule has 2 rings (SSSR count). The molecule has 1 aliphatic rings. The summed E-state index contributed by atoms with van der Waals surface area (Å²) >= 11 is 0. The van der Waals surface area contributed by atoms with Crippen LogP contribution in [0.25, 0.3) is 0 Å². The van der Waals surface area contributed by atoms with E-state index >= 15 is 0 Å². The third-order valence-electron chi connectivity index (χ3n) is 3.51. The number of aryl methyl sites for hydroxylation is 1. The molecule has 16 heavy (non-hydrogen) atoms. The van der Waals surface area contributed by atoms with E-state index in [2.05, 4.69) is 0 Å². The van der Waals surface area contributed by atoms with E-state index in [0.717, 1.165) is 31.2 Å². The molecule has 0 amide bonds. The first kappa shape index (κ1) is 11.1. The van der Waals surface area contributed by atoms with Crippen molar-refractivity contribution in [2.45, 2.75) is 44.6 Å². The molecule has 1 aliphatic carbocycles. The van der Waals surface area contributed by atoms with E-state index in [0.29, 0.717) is 0 Å². The summed E-state index contributed by atoms with van der Waals surface area (Å²) in [5, 5.41) is 11.0. The molecule has 1 saturated carbocycles. The van der Waals surface area contributed by atoms with Crippen molar-refractivity contribution in [1.29, 1.82) is 0 Å². The molecular formula is C13H17NO2. The minimum atomic E-state index is -0.378. The highest BCUT2D eigenvalue weighted by molar-refractivity contribution is 5.25. The molecule has 0 spiro atoms. The first-order chi connectivity index (χ1) is 7.68. The van der Waals surface area contributed by atoms with E-state index in [1.54, 1.807) is 0 Å². The van der Waals surface area contributed by atoms with Gasteiger partial charge in [-0.3, -0.25) is 10.1 Å². The van der Waals surface area contributed by atoms with Crippen molar-refractivity contribution in [2.75, 3.05) is 0 Å². The van der Waals surface area contributed by atoms with Crippen LogP contribution in [-0.2, 0) is 0 Å². The Kier molecular flexibility index (Phi) is 3.22. The average Bonchev–Trinajstić information content (AvgIpc) is 2.30. The highest BCUT2D eigenvalue weighted by Gasteiger charge is 2.34. The van der Waals surface area contributed by atoms with Gasteiger partial charge in [0.05, 0.1) is 5.92 Å². The lowest BCUT2D eigenvalue weighted by atomic mass is 9.80. The van der Waals surface area contributed by atoms with Gasteiger partial charge in [-0.25, -0.2) is 0 Å². The van der Waals surface area contributed by atoms with Crippen molar-refractivity contribution in [3.8, 4) is 0 Å². The molecule has 0 radical (unpaired) electrons. The van der Waals surface area contributed by atoms with Crippen LogP contribution in [0.15, 0.2) is 24.3 Å². The maximum absolute atomic E-state index is 11.0. The predicted octanol–water partition coefficient (Wildman–Crippen LogP) is 3.30. The van der Waals surface area contributed by atoms with E-state index in [1.807, 2.05) is 31.2 Å². The Morgan fingerprint density at radius 2 is 1.81 bits per heavy atom. The van der Waals surface area contributed by atoms with Gasteiger partial charge in [0.25, 0.3) is 0 Å². The molecule has 1 fully saturated rings. The lowest BCUT2D eigenvalue weighted by Crippen LogP contribution is -2.30. The zero-order valence-electron chi connectivity index (χ0n) is 9.56. The number of nitro groups is 1. The lowest BCUT2D eigenvalue weighted by molar-refractivity contribution is -0.530. The zero-order valence-corrected chi connectivity index (χ0v) is 9.56. The van der Waals surface area contributed by atoms with Gasteiger partial charge in [0.2, 0.25) is 6.04 Å². The monoisotopic (exact) mass is 219 g/mol. The van der Waals surface area contributed by atoms with Crippen molar-refractivity contribution < 1.29 is 4.92 Å². The predicted molar refractivity (Wildman–Crippen MR) is 63.2 cm³/mol. The molecular weight excluding hydrogens is 202 g/mol. The fraction of sp³-hybridized carbons (Fsp3) is 0.538. The van der Waals surface area contributed by atoms with E-state index in [1.165, 1.54) is 5.56 Å². The van der Waals surface area contributed by atoms with Gasteiger partial charge in [-0.05, 0) is 25.3 Å². The Morgan fingerprint density at radius 1 is 1.19 bits per heavy atom. The Balaban J connectivity index is 2.23. The van der Waals surface area contributed by atoms with Crippen molar-refractivity contribution in [3.63, 3.8) is 0 Å². The SMILES string of the molecule is Cc1ccc([C@@H]2CCCC[C@H]2[N+](=O)[O-])cc1. The minimum absolute atomic E-state index is 0.0936. The van der Waals surface area contributed by atoms with Gasteiger partial charge in [0, 0.05) is 11.3 Å². The van der Waals surface area contributed by atoms with E-state index in [4.69, 9.17) is 0 Å². The van der Waals surface area contributed by atoms with E-state index < -0.39 is 0 Å². The first-order valence-corrected chi connectivity index (χ1v) is 5.88. The Morgan fingerprint density at radius 3 is 2.44 bits per heavy atom. The van der Waals surface area contributed by atoms with Gasteiger partial charge >= 0.3 is 0 Å². The van der Waals surface area contributed by atoms with Crippen molar-refractivity contribution in [3.05, 3.63) is 45.5 Å². The number of hydrogen-bond acceptors (Lipinski definition) is 2. The van der Waals surface area contributed by atoms with Gasteiger partial charge in [-0.2, -0.15) is 0 Å². The largest absolute Gasteiger partial charge is 0.264 e. The summed E-state index contributed by atoms with van der Waals surface area (Å²) in [4.78, 5) is 10.9. The maximum atomic E-state index is 11.0. The fourth-order valence-electron chi connectivity index (χ4n) is 2.57. The Bertz CT molecular complexity index is 372. The lowest BCUT2D eigenvalue weighted by Gasteiger charge is -2.25. The molecule has 0 aliphatic heterocycles. The molecule has 0 aromatic heterocycles. The number of benzene rings is 1. The van der Waals surface area contributed by atoms with Crippen LogP contribution in [0.2, 0.25) is 0 Å². The topological polar surface area (TPSA) is 43.1 Å². The van der Waals surface area contributed by atoms with Crippen LogP contribution in [-0.4, -0.2) is 11.0 Å². The van der Waals surface area contributed by atoms with Crippen LogP contribution in [0.5, 0.6) is 0 Å². The maximum Gasteiger partial charge on any atom is 0.219 e. The summed E-state index contributed by atoms with van der Waals surface area (Å²) in [5.41, 5.74) is 2.34. The zero-order chi connectivity index (χ0) is 11.5. The second kappa shape index (κ2) is 4.64. The number of rotatable bonds is 2. The smallest absolute Gasteiger partial charge is 0.219 e. The Labute approximate surface area is 95.6 Å². The summed E-state index contributed by atoms with van der Waals surface area (Å²) in [6.07, 6.45) is 3.79. The summed E-state index contributed by atoms with van der Waals surface area (Å²) in [5.74, 6) is 0.115. The molecule has 1 aromatic carbocycles. The molecule has 0 bridgehead atoms. The molecule has 0 heterocycles. The standard InChI is InChI=1S/C13H17NO2/c1-10-6-8-11(9-7-10)12-4-2-3-5-13(12)14(15)16/h6-9,12-13H,2-5H2,1H3/t12-,13+/m0/s1. The third kappa shape index (κ3) is 2.23. The molecule has 0 saturated heterocycles. The molecule has 0 unspecified atom stereocenters. The van der Waals surface area contributed by atoms with Crippen LogP contribution < -0.4 is 0 Å². The summed E-state index contributed by atoms with van der Waals surface area (Å²) in [7, 11) is 0. The van der Waals surface area contributed by atoms with Crippen LogP contribution in [0, 0.1) is 17.0 Å². The molecule has 3 nitrogen and oxygen atoms in total. The van der Waals surface area contributed by atoms with Gasteiger partial charge in [-0.15, -0.1) is 0 Å². The van der Waals surface area contributed by atoms with Crippen LogP contribution in [0.1, 0.15) is 42.7 Å². The third-order valence-corrected chi connectivity index (χ3v) is 3.51. The second-order valence-corrected chi connectivity index (χ2v) is 4.65. The van der Waals surface area contributed by atoms with Crippen molar-refractivity contribution in [2.24, 2.45) is 0 Å². The average molecular weight is 219 g/mol. The van der Waals surface area contributed by atoms with Crippen molar-refractivity contribution >= 4 is 0 Å². The molecule has 2 atom stereocenters. The Hall–Kier alpha value is -1.38. The minimum Gasteiger partial charge on any atom is -0.264 e. The molecule has 3 heteroatoms. The summed E-state index contributed by atoms with van der Waals surface area (Å²) in [6, 6.07) is 7.79. The van der Waals surface area contributed by atoms with Gasteiger partial charge in [-0.1, -0.05) is 36.2 Å². The normalized spacial score (nSPS) is 25.3. The first-order valence-electron chi connectivity index (χ1n) is 5.88. The molecule has 0 N–H and O–H groups in total. The van der Waals surface area contributed by atoms with Crippen molar-refractivity contribution in [1.82, 2.24) is 0 Å². The fourth-order valence-corrected chi connectivity index (χ4v) is 2.57. The summed E-state index contributed by atoms with van der Waals surface area (Å²) in [6.45, 7) is 2.04. The molecule has 1 aromatic rings. The van der Waals surface area contributed by atoms with Crippen LogP contribution in [0.3, 0.4) is 0 Å². The van der Waals surface area contributed by atoms with Gasteiger partial charge in [0.15, 0.2) is 0 Å². The van der Waals surface area contributed by atoms with Crippen LogP contribution in [0.4, 0.5) is 0 Å². The highest BCUT2D eigenvalue weighted by Crippen LogP contribution is 2.34. The number of nitrogens with zero attached hydrogens (tertiary/aromatic N) is 1. The van der Waals surface area contributed by atoms with Gasteiger partial charge < -0.3 is 0 Å². The highest BCUT2D eigenvalue weighted by atomic mass is 16.6. The van der Waals surface area contributed by atoms with E-state index in [9.17, 15) is 10.1 Å². The second-order valence-electron chi connectivity index (χ2n) is 4.65. The van der Waals surface area contributed by atoms with Gasteiger partial charge in [0.1, 0.15) is 0 Å².